The van der Waals surface area contributed by atoms with Gasteiger partial charge >= 0.3 is 0 Å². The van der Waals surface area contributed by atoms with E-state index in [-0.39, 0.29) is 41.5 Å². The molecule has 1 aliphatic carbocycles. The van der Waals surface area contributed by atoms with E-state index < -0.39 is 0 Å². The molecular formula is C36H40FN3O3. The third-order valence-corrected chi connectivity index (χ3v) is 8.67. The molecule has 3 aromatic carbocycles. The molecule has 1 heterocycles. The van der Waals surface area contributed by atoms with Crippen LogP contribution in [-0.2, 0) is 16.1 Å². The molecular weight excluding hydrogens is 541 g/mol. The average molecular weight is 582 g/mol. The van der Waals surface area contributed by atoms with Gasteiger partial charge in [-0.25, -0.2) is 4.39 Å². The normalized spacial score (nSPS) is 19.3. The zero-order chi connectivity index (χ0) is 30.2. The highest BCUT2D eigenvalue weighted by atomic mass is 19.1. The summed E-state index contributed by atoms with van der Waals surface area (Å²) in [4.78, 5) is 43.1. The lowest BCUT2D eigenvalue weighted by Crippen LogP contribution is -2.48. The number of benzene rings is 3. The SMILES string of the molecule is Cc1cccc(CN(C(=O)c2ccc(F)cc2)C2CCC(NC(=O)C3CCN(C(=O)/C=C/c4ccccc4)CC3)CC2)c1. The Morgan fingerprint density at radius 3 is 2.26 bits per heavy atom. The van der Waals surface area contributed by atoms with E-state index in [4.69, 9.17) is 0 Å². The first-order valence-corrected chi connectivity index (χ1v) is 15.3. The number of carbonyl (C=O) groups excluding carboxylic acids is 3. The number of aryl methyl sites for hydroxylation is 1. The van der Waals surface area contributed by atoms with Gasteiger partial charge in [0.1, 0.15) is 5.82 Å². The minimum Gasteiger partial charge on any atom is -0.353 e. The molecule has 0 radical (unpaired) electrons. The van der Waals surface area contributed by atoms with Crippen molar-refractivity contribution >= 4 is 23.8 Å². The van der Waals surface area contributed by atoms with E-state index in [1.54, 1.807) is 18.2 Å². The van der Waals surface area contributed by atoms with Crippen LogP contribution in [0.1, 0.15) is 65.6 Å². The van der Waals surface area contributed by atoms with E-state index >= 15 is 0 Å². The van der Waals surface area contributed by atoms with Gasteiger partial charge in [-0.3, -0.25) is 14.4 Å². The number of rotatable bonds is 8. The molecule has 43 heavy (non-hydrogen) atoms. The molecule has 6 nitrogen and oxygen atoms in total. The molecule has 0 atom stereocenters. The minimum absolute atomic E-state index is 0.0218. The predicted molar refractivity (Wildman–Crippen MR) is 166 cm³/mol. The van der Waals surface area contributed by atoms with Gasteiger partial charge in [-0.1, -0.05) is 60.2 Å². The summed E-state index contributed by atoms with van der Waals surface area (Å²) in [6, 6.07) is 23.7. The highest BCUT2D eigenvalue weighted by Crippen LogP contribution is 2.28. The Morgan fingerprint density at radius 2 is 1.58 bits per heavy atom. The van der Waals surface area contributed by atoms with Crippen molar-refractivity contribution in [1.82, 2.24) is 15.1 Å². The van der Waals surface area contributed by atoms with Crippen molar-refractivity contribution in [2.24, 2.45) is 5.92 Å². The van der Waals surface area contributed by atoms with E-state index in [0.717, 1.165) is 42.4 Å². The number of piperidine rings is 1. The third kappa shape index (κ3) is 8.19. The van der Waals surface area contributed by atoms with Crippen molar-refractivity contribution in [3.63, 3.8) is 0 Å². The van der Waals surface area contributed by atoms with Crippen LogP contribution >= 0.6 is 0 Å². The highest BCUT2D eigenvalue weighted by Gasteiger charge is 2.32. The smallest absolute Gasteiger partial charge is 0.254 e. The van der Waals surface area contributed by atoms with Crippen LogP contribution in [0.4, 0.5) is 4.39 Å². The predicted octanol–water partition coefficient (Wildman–Crippen LogP) is 6.16. The molecule has 1 saturated heterocycles. The molecule has 5 rings (SSSR count). The molecule has 1 saturated carbocycles. The Kier molecular flexibility index (Phi) is 10.0. The van der Waals surface area contributed by atoms with Crippen molar-refractivity contribution in [2.45, 2.75) is 64.1 Å². The quantitative estimate of drug-likeness (QED) is 0.324. The third-order valence-electron chi connectivity index (χ3n) is 8.67. The second-order valence-electron chi connectivity index (χ2n) is 11.8. The van der Waals surface area contributed by atoms with E-state index in [9.17, 15) is 18.8 Å². The van der Waals surface area contributed by atoms with Crippen LogP contribution in [0.25, 0.3) is 6.08 Å². The summed E-state index contributed by atoms with van der Waals surface area (Å²) in [5.74, 6) is -0.525. The van der Waals surface area contributed by atoms with E-state index in [1.807, 2.05) is 71.3 Å². The fourth-order valence-electron chi connectivity index (χ4n) is 6.18. The molecule has 2 fully saturated rings. The van der Waals surface area contributed by atoms with Gasteiger partial charge in [0.15, 0.2) is 0 Å². The second-order valence-corrected chi connectivity index (χ2v) is 11.8. The van der Waals surface area contributed by atoms with Crippen molar-refractivity contribution in [1.29, 1.82) is 0 Å². The van der Waals surface area contributed by atoms with Crippen LogP contribution in [0.2, 0.25) is 0 Å². The molecule has 0 bridgehead atoms. The molecule has 1 aliphatic heterocycles. The number of amides is 3. The molecule has 224 valence electrons. The Labute approximate surface area is 253 Å². The van der Waals surface area contributed by atoms with Gasteiger partial charge in [0.05, 0.1) is 0 Å². The zero-order valence-corrected chi connectivity index (χ0v) is 24.8. The average Bonchev–Trinajstić information content (AvgIpc) is 3.03. The van der Waals surface area contributed by atoms with Crippen LogP contribution in [0.3, 0.4) is 0 Å². The van der Waals surface area contributed by atoms with Crippen molar-refractivity contribution in [2.75, 3.05) is 13.1 Å². The monoisotopic (exact) mass is 581 g/mol. The maximum Gasteiger partial charge on any atom is 0.254 e. The van der Waals surface area contributed by atoms with E-state index in [2.05, 4.69) is 11.4 Å². The molecule has 3 aromatic rings. The van der Waals surface area contributed by atoms with Gasteiger partial charge in [0, 0.05) is 49.3 Å². The minimum atomic E-state index is -0.366. The lowest BCUT2D eigenvalue weighted by Gasteiger charge is -2.38. The summed E-state index contributed by atoms with van der Waals surface area (Å²) in [5.41, 5.74) is 3.66. The van der Waals surface area contributed by atoms with Crippen LogP contribution in [0.15, 0.2) is 84.9 Å². The van der Waals surface area contributed by atoms with Crippen LogP contribution in [-0.4, -0.2) is 52.7 Å². The first-order valence-electron chi connectivity index (χ1n) is 15.3. The van der Waals surface area contributed by atoms with Gasteiger partial charge in [-0.2, -0.15) is 0 Å². The Hall–Kier alpha value is -4.26. The molecule has 0 unspecified atom stereocenters. The number of nitrogens with one attached hydrogen (secondary N) is 1. The summed E-state index contributed by atoms with van der Waals surface area (Å²) >= 11 is 0. The fraction of sp³-hybridized carbons (Fsp3) is 0.361. The lowest BCUT2D eigenvalue weighted by atomic mass is 9.88. The van der Waals surface area contributed by atoms with Crippen molar-refractivity contribution < 1.29 is 18.8 Å². The number of hydrogen-bond acceptors (Lipinski definition) is 3. The van der Waals surface area contributed by atoms with Gasteiger partial charge < -0.3 is 15.1 Å². The largest absolute Gasteiger partial charge is 0.353 e. The molecule has 7 heteroatoms. The fourth-order valence-corrected chi connectivity index (χ4v) is 6.18. The number of carbonyl (C=O) groups is 3. The Bertz CT molecular complexity index is 1420. The molecule has 2 aliphatic rings. The van der Waals surface area contributed by atoms with Gasteiger partial charge in [-0.05, 0) is 86.9 Å². The van der Waals surface area contributed by atoms with Gasteiger partial charge in [-0.15, -0.1) is 0 Å². The molecule has 0 spiro atoms. The van der Waals surface area contributed by atoms with Gasteiger partial charge in [0.2, 0.25) is 11.8 Å². The van der Waals surface area contributed by atoms with Crippen LogP contribution < -0.4 is 5.32 Å². The first-order chi connectivity index (χ1) is 20.9. The van der Waals surface area contributed by atoms with Crippen molar-refractivity contribution in [3.05, 3.63) is 113 Å². The van der Waals surface area contributed by atoms with Crippen molar-refractivity contribution in [3.8, 4) is 0 Å². The lowest BCUT2D eigenvalue weighted by molar-refractivity contribution is -0.132. The Balaban J connectivity index is 1.13. The number of nitrogens with zero attached hydrogens (tertiary/aromatic N) is 2. The Morgan fingerprint density at radius 1 is 0.884 bits per heavy atom. The molecule has 0 aromatic heterocycles. The maximum atomic E-state index is 13.6. The standard InChI is InChI=1S/C36H40FN3O3/c1-26-6-5-9-28(24-26)25-40(36(43)30-11-13-31(37)14-12-30)33-17-15-32(16-18-33)38-35(42)29-20-22-39(23-21-29)34(41)19-10-27-7-3-2-4-8-27/h2-14,19,24,29,32-33H,15-18,20-23,25H2,1H3,(H,38,42)/b19-10+. The second kappa shape index (κ2) is 14.3. The van der Waals surface area contributed by atoms with E-state index in [1.165, 1.54) is 12.1 Å². The number of halogens is 1. The molecule has 1 N–H and O–H groups in total. The highest BCUT2D eigenvalue weighted by molar-refractivity contribution is 5.94. The van der Waals surface area contributed by atoms with Crippen LogP contribution in [0.5, 0.6) is 0 Å². The number of likely N-dealkylation sites (tertiary alicyclic amines) is 1. The number of hydrogen-bond donors (Lipinski definition) is 1. The summed E-state index contributed by atoms with van der Waals surface area (Å²) in [5, 5.41) is 3.26. The molecule has 3 amide bonds. The van der Waals surface area contributed by atoms with Crippen LogP contribution in [0, 0.1) is 18.7 Å². The van der Waals surface area contributed by atoms with E-state index in [0.29, 0.717) is 38.0 Å². The van der Waals surface area contributed by atoms with Gasteiger partial charge in [0.25, 0.3) is 5.91 Å². The summed E-state index contributed by atoms with van der Waals surface area (Å²) in [7, 11) is 0. The summed E-state index contributed by atoms with van der Waals surface area (Å²) in [6.07, 6.45) is 7.89. The zero-order valence-electron chi connectivity index (χ0n) is 24.8. The summed E-state index contributed by atoms with van der Waals surface area (Å²) in [6.45, 7) is 3.66. The summed E-state index contributed by atoms with van der Waals surface area (Å²) < 4.78 is 13.5. The maximum absolute atomic E-state index is 13.6. The first kappa shape index (κ1) is 30.2. The topological polar surface area (TPSA) is 69.7 Å².